The van der Waals surface area contributed by atoms with Crippen molar-refractivity contribution in [3.05, 3.63) is 29.8 Å². The van der Waals surface area contributed by atoms with Gasteiger partial charge in [0, 0.05) is 25.7 Å². The molecule has 1 aliphatic rings. The van der Waals surface area contributed by atoms with Crippen molar-refractivity contribution in [1.29, 1.82) is 0 Å². The fraction of sp³-hybridized carbons (Fsp3) is 0.600. The molecule has 1 heterocycles. The van der Waals surface area contributed by atoms with Crippen LogP contribution in [0.5, 0.6) is 0 Å². The third-order valence-electron chi connectivity index (χ3n) is 4.26. The Morgan fingerprint density at radius 3 is 2.62 bits per heavy atom. The predicted octanol–water partition coefficient (Wildman–Crippen LogP) is 1.36. The van der Waals surface area contributed by atoms with E-state index in [1.54, 1.807) is 18.2 Å². The second kappa shape index (κ2) is 6.87. The van der Waals surface area contributed by atoms with Crippen LogP contribution in [-0.2, 0) is 10.0 Å². The summed E-state index contributed by atoms with van der Waals surface area (Å²) in [5, 5.41) is 12.3. The van der Waals surface area contributed by atoms with Crippen LogP contribution in [0, 0.1) is 5.92 Å². The molecule has 0 amide bonds. The molecule has 1 aliphatic heterocycles. The number of sulfonamides is 1. The monoisotopic (exact) mass is 312 g/mol. The van der Waals surface area contributed by atoms with Crippen molar-refractivity contribution in [1.82, 2.24) is 9.62 Å². The van der Waals surface area contributed by atoms with Crippen molar-refractivity contribution in [2.45, 2.75) is 30.7 Å². The fourth-order valence-electron chi connectivity index (χ4n) is 2.59. The van der Waals surface area contributed by atoms with Gasteiger partial charge in [-0.2, -0.15) is 4.31 Å². The van der Waals surface area contributed by atoms with Gasteiger partial charge in [0.2, 0.25) is 10.0 Å². The molecule has 1 aromatic rings. The molecule has 1 unspecified atom stereocenters. The highest BCUT2D eigenvalue weighted by molar-refractivity contribution is 7.89. The Bertz CT molecular complexity index is 566. The van der Waals surface area contributed by atoms with Crippen molar-refractivity contribution in [2.24, 2.45) is 5.92 Å². The van der Waals surface area contributed by atoms with Gasteiger partial charge >= 0.3 is 0 Å². The summed E-state index contributed by atoms with van der Waals surface area (Å²) in [5.41, 5.74) is 0.962. The van der Waals surface area contributed by atoms with Crippen LogP contribution < -0.4 is 5.32 Å². The van der Waals surface area contributed by atoms with E-state index in [-0.39, 0.29) is 18.6 Å². The van der Waals surface area contributed by atoms with E-state index in [0.717, 1.165) is 18.4 Å². The van der Waals surface area contributed by atoms with Gasteiger partial charge in [0.1, 0.15) is 0 Å². The highest BCUT2D eigenvalue weighted by atomic mass is 32.2. The summed E-state index contributed by atoms with van der Waals surface area (Å²) < 4.78 is 26.9. The maximum atomic E-state index is 12.7. The van der Waals surface area contributed by atoms with Crippen LogP contribution in [0.2, 0.25) is 0 Å². The van der Waals surface area contributed by atoms with E-state index >= 15 is 0 Å². The molecule has 1 atom stereocenters. The first-order chi connectivity index (χ1) is 9.98. The molecule has 2 N–H and O–H groups in total. The number of nitrogens with one attached hydrogen (secondary N) is 1. The number of piperidine rings is 1. The predicted molar refractivity (Wildman–Crippen MR) is 82.5 cm³/mol. The second-order valence-electron chi connectivity index (χ2n) is 5.61. The highest BCUT2D eigenvalue weighted by Gasteiger charge is 2.29. The van der Waals surface area contributed by atoms with Gasteiger partial charge in [-0.3, -0.25) is 0 Å². The number of rotatable bonds is 5. The lowest BCUT2D eigenvalue weighted by molar-refractivity contribution is 0.170. The van der Waals surface area contributed by atoms with Crippen LogP contribution >= 0.6 is 0 Å². The number of benzene rings is 1. The van der Waals surface area contributed by atoms with Gasteiger partial charge in [-0.05, 0) is 50.4 Å². The lowest BCUT2D eigenvalue weighted by atomic mass is 10.00. The average molecular weight is 312 g/mol. The lowest BCUT2D eigenvalue weighted by Crippen LogP contribution is -2.39. The van der Waals surface area contributed by atoms with Gasteiger partial charge in [0.05, 0.1) is 4.90 Å². The molecule has 0 radical (unpaired) electrons. The van der Waals surface area contributed by atoms with E-state index in [4.69, 9.17) is 5.11 Å². The minimum absolute atomic E-state index is 0.111. The van der Waals surface area contributed by atoms with Crippen LogP contribution in [-0.4, -0.2) is 44.6 Å². The number of hydrogen-bond acceptors (Lipinski definition) is 4. The molecule has 6 heteroatoms. The van der Waals surface area contributed by atoms with Gasteiger partial charge < -0.3 is 10.4 Å². The summed E-state index contributed by atoms with van der Waals surface area (Å²) in [6.45, 7) is 3.11. The van der Waals surface area contributed by atoms with Crippen LogP contribution in [0.3, 0.4) is 0 Å². The maximum absolute atomic E-state index is 12.7. The zero-order valence-corrected chi connectivity index (χ0v) is 13.4. The second-order valence-corrected chi connectivity index (χ2v) is 7.55. The van der Waals surface area contributed by atoms with Crippen molar-refractivity contribution in [3.63, 3.8) is 0 Å². The minimum Gasteiger partial charge on any atom is -0.396 e. The van der Waals surface area contributed by atoms with Gasteiger partial charge in [0.25, 0.3) is 0 Å². The number of aliphatic hydroxyl groups excluding tert-OH is 1. The molecule has 1 fully saturated rings. The third-order valence-corrected chi connectivity index (χ3v) is 6.16. The molecule has 1 aromatic carbocycles. The minimum atomic E-state index is -3.43. The largest absolute Gasteiger partial charge is 0.396 e. The fourth-order valence-corrected chi connectivity index (χ4v) is 4.12. The number of nitrogens with zero attached hydrogens (tertiary/aromatic N) is 1. The van der Waals surface area contributed by atoms with Crippen LogP contribution in [0.4, 0.5) is 0 Å². The van der Waals surface area contributed by atoms with Gasteiger partial charge in [-0.25, -0.2) is 8.42 Å². The average Bonchev–Trinajstić information content (AvgIpc) is 2.54. The third kappa shape index (κ3) is 3.63. The molecule has 21 heavy (non-hydrogen) atoms. The van der Waals surface area contributed by atoms with E-state index < -0.39 is 10.0 Å². The molecule has 2 rings (SSSR count). The zero-order valence-electron chi connectivity index (χ0n) is 12.6. The molecule has 0 aliphatic carbocycles. The summed E-state index contributed by atoms with van der Waals surface area (Å²) in [7, 11) is -1.58. The Balaban J connectivity index is 2.20. The standard InChI is InChI=1S/C15H24N2O3S/c1-12(16-2)14-4-3-5-15(10-14)21(19,20)17-8-6-13(11-18)7-9-17/h3-5,10,12-13,16,18H,6-9,11H2,1-2H3. The first-order valence-corrected chi connectivity index (χ1v) is 8.81. The van der Waals surface area contributed by atoms with Crippen LogP contribution in [0.15, 0.2) is 29.2 Å². The molecular formula is C15H24N2O3S. The summed E-state index contributed by atoms with van der Waals surface area (Å²) in [6, 6.07) is 7.23. The molecule has 0 aromatic heterocycles. The van der Waals surface area contributed by atoms with E-state index in [1.165, 1.54) is 4.31 Å². The van der Waals surface area contributed by atoms with E-state index in [2.05, 4.69) is 5.32 Å². The van der Waals surface area contributed by atoms with Crippen LogP contribution in [0.25, 0.3) is 0 Å². The Kier molecular flexibility index (Phi) is 5.37. The summed E-state index contributed by atoms with van der Waals surface area (Å²) in [4.78, 5) is 0.351. The highest BCUT2D eigenvalue weighted by Crippen LogP contribution is 2.25. The maximum Gasteiger partial charge on any atom is 0.243 e. The number of hydrogen-bond donors (Lipinski definition) is 2. The van der Waals surface area contributed by atoms with Crippen molar-refractivity contribution in [3.8, 4) is 0 Å². The van der Waals surface area contributed by atoms with Gasteiger partial charge in [0.15, 0.2) is 0 Å². The Morgan fingerprint density at radius 2 is 2.05 bits per heavy atom. The smallest absolute Gasteiger partial charge is 0.243 e. The molecule has 5 nitrogen and oxygen atoms in total. The van der Waals surface area contributed by atoms with Crippen molar-refractivity contribution in [2.75, 3.05) is 26.7 Å². The number of aliphatic hydroxyl groups is 1. The molecule has 0 saturated carbocycles. The first-order valence-electron chi connectivity index (χ1n) is 7.37. The quantitative estimate of drug-likeness (QED) is 0.861. The van der Waals surface area contributed by atoms with Crippen molar-refractivity contribution >= 4 is 10.0 Å². The van der Waals surface area contributed by atoms with Gasteiger partial charge in [-0.1, -0.05) is 12.1 Å². The van der Waals surface area contributed by atoms with E-state index in [9.17, 15) is 8.42 Å². The molecule has 1 saturated heterocycles. The van der Waals surface area contributed by atoms with E-state index in [1.807, 2.05) is 20.0 Å². The summed E-state index contributed by atoms with van der Waals surface area (Å²) >= 11 is 0. The van der Waals surface area contributed by atoms with Crippen molar-refractivity contribution < 1.29 is 13.5 Å². The van der Waals surface area contributed by atoms with Gasteiger partial charge in [-0.15, -0.1) is 0 Å². The summed E-state index contributed by atoms with van der Waals surface area (Å²) in [6.07, 6.45) is 1.45. The molecule has 0 bridgehead atoms. The van der Waals surface area contributed by atoms with E-state index in [0.29, 0.717) is 18.0 Å². The topological polar surface area (TPSA) is 69.6 Å². The Labute approximate surface area is 127 Å². The molecule has 118 valence electrons. The Morgan fingerprint density at radius 1 is 1.38 bits per heavy atom. The molecular weight excluding hydrogens is 288 g/mol. The van der Waals surface area contributed by atoms with Crippen LogP contribution in [0.1, 0.15) is 31.4 Å². The first kappa shape index (κ1) is 16.4. The molecule has 0 spiro atoms. The Hall–Kier alpha value is -0.950. The summed E-state index contributed by atoms with van der Waals surface area (Å²) in [5.74, 6) is 0.229. The lowest BCUT2D eigenvalue weighted by Gasteiger charge is -2.30. The zero-order chi connectivity index (χ0) is 15.5. The normalized spacial score (nSPS) is 19.6. The SMILES string of the molecule is CNC(C)c1cccc(S(=O)(=O)N2CCC(CO)CC2)c1.